The van der Waals surface area contributed by atoms with Crippen molar-refractivity contribution in [1.29, 1.82) is 0 Å². The summed E-state index contributed by atoms with van der Waals surface area (Å²) in [5.74, 6) is 0.163. The molecule has 5 heteroatoms. The van der Waals surface area contributed by atoms with Crippen molar-refractivity contribution in [3.8, 4) is 11.3 Å². The fourth-order valence-corrected chi connectivity index (χ4v) is 1.63. The Labute approximate surface area is 97.2 Å². The van der Waals surface area contributed by atoms with Gasteiger partial charge in [-0.1, -0.05) is 16.8 Å². The van der Waals surface area contributed by atoms with E-state index < -0.39 is 5.82 Å². The molecular weight excluding hydrogens is 231 g/mol. The van der Waals surface area contributed by atoms with E-state index in [0.717, 1.165) is 5.56 Å². The molecule has 0 unspecified atom stereocenters. The number of hydrogen-bond acceptors (Lipinski definition) is 3. The molecule has 0 bridgehead atoms. The van der Waals surface area contributed by atoms with Gasteiger partial charge in [0.05, 0.1) is 11.2 Å². The average molecular weight is 241 g/mol. The highest BCUT2D eigenvalue weighted by atomic mass is 35.5. The van der Waals surface area contributed by atoms with Gasteiger partial charge in [0.2, 0.25) is 0 Å². The Morgan fingerprint density at radius 3 is 3.00 bits per heavy atom. The molecule has 0 aliphatic carbocycles. The van der Waals surface area contributed by atoms with Gasteiger partial charge in [-0.3, -0.25) is 0 Å². The van der Waals surface area contributed by atoms with Crippen molar-refractivity contribution >= 4 is 11.6 Å². The summed E-state index contributed by atoms with van der Waals surface area (Å²) in [7, 11) is 1.83. The van der Waals surface area contributed by atoms with Crippen molar-refractivity contribution in [2.75, 3.05) is 7.05 Å². The van der Waals surface area contributed by atoms with Crippen LogP contribution in [0.5, 0.6) is 0 Å². The Balaban J connectivity index is 2.42. The van der Waals surface area contributed by atoms with Crippen LogP contribution in [0.3, 0.4) is 0 Å². The van der Waals surface area contributed by atoms with Crippen LogP contribution in [0.1, 0.15) is 5.56 Å². The molecule has 0 aliphatic rings. The molecule has 0 aliphatic heterocycles. The molecule has 3 nitrogen and oxygen atoms in total. The van der Waals surface area contributed by atoms with Crippen LogP contribution in [-0.2, 0) is 6.54 Å². The van der Waals surface area contributed by atoms with E-state index in [1.807, 2.05) is 7.05 Å². The van der Waals surface area contributed by atoms with Gasteiger partial charge in [0, 0.05) is 17.7 Å². The van der Waals surface area contributed by atoms with E-state index in [-0.39, 0.29) is 5.02 Å². The minimum Gasteiger partial charge on any atom is -0.356 e. The SMILES string of the molecule is CNCc1cnoc1-c1ccc(F)c(Cl)c1. The van der Waals surface area contributed by atoms with Gasteiger partial charge in [-0.25, -0.2) is 4.39 Å². The number of nitrogens with one attached hydrogen (secondary N) is 1. The molecular formula is C11H10ClFN2O. The number of halogens is 2. The summed E-state index contributed by atoms with van der Waals surface area (Å²) in [6, 6.07) is 4.45. The lowest BCUT2D eigenvalue weighted by Gasteiger charge is -2.01. The maximum Gasteiger partial charge on any atom is 0.171 e. The first kappa shape index (κ1) is 11.1. The van der Waals surface area contributed by atoms with E-state index in [1.54, 1.807) is 12.3 Å². The van der Waals surface area contributed by atoms with Crippen LogP contribution in [0, 0.1) is 5.82 Å². The minimum absolute atomic E-state index is 0.0734. The summed E-state index contributed by atoms with van der Waals surface area (Å²) >= 11 is 5.71. The highest BCUT2D eigenvalue weighted by Crippen LogP contribution is 2.27. The molecule has 84 valence electrons. The molecule has 0 spiro atoms. The first-order chi connectivity index (χ1) is 7.72. The second kappa shape index (κ2) is 4.63. The summed E-state index contributed by atoms with van der Waals surface area (Å²) in [6.07, 6.45) is 1.63. The molecule has 1 aromatic heterocycles. The first-order valence-electron chi connectivity index (χ1n) is 4.76. The molecule has 0 fully saturated rings. The van der Waals surface area contributed by atoms with Crippen LogP contribution in [-0.4, -0.2) is 12.2 Å². The van der Waals surface area contributed by atoms with Crippen LogP contribution in [0.15, 0.2) is 28.9 Å². The third kappa shape index (κ3) is 2.08. The smallest absolute Gasteiger partial charge is 0.171 e. The topological polar surface area (TPSA) is 38.1 Å². The van der Waals surface area contributed by atoms with E-state index in [0.29, 0.717) is 17.9 Å². The molecule has 1 aromatic carbocycles. The van der Waals surface area contributed by atoms with Crippen LogP contribution < -0.4 is 5.32 Å². The summed E-state index contributed by atoms with van der Waals surface area (Å²) in [4.78, 5) is 0. The van der Waals surface area contributed by atoms with Gasteiger partial charge in [-0.2, -0.15) is 0 Å². The zero-order valence-corrected chi connectivity index (χ0v) is 9.38. The third-order valence-corrected chi connectivity index (χ3v) is 2.48. The second-order valence-electron chi connectivity index (χ2n) is 3.34. The van der Waals surface area contributed by atoms with Crippen LogP contribution in [0.25, 0.3) is 11.3 Å². The Morgan fingerprint density at radius 2 is 2.31 bits per heavy atom. The Kier molecular flexibility index (Phi) is 3.22. The van der Waals surface area contributed by atoms with Crippen LogP contribution in [0.4, 0.5) is 4.39 Å². The molecule has 2 rings (SSSR count). The number of aromatic nitrogens is 1. The molecule has 1 N–H and O–H groups in total. The third-order valence-electron chi connectivity index (χ3n) is 2.19. The summed E-state index contributed by atoms with van der Waals surface area (Å²) in [5, 5.41) is 6.79. The molecule has 0 atom stereocenters. The predicted octanol–water partition coefficient (Wildman–Crippen LogP) is 2.85. The normalized spacial score (nSPS) is 10.7. The van der Waals surface area contributed by atoms with Crippen molar-refractivity contribution in [2.24, 2.45) is 0 Å². The van der Waals surface area contributed by atoms with Crippen molar-refractivity contribution in [2.45, 2.75) is 6.54 Å². The zero-order chi connectivity index (χ0) is 11.5. The van der Waals surface area contributed by atoms with Gasteiger partial charge in [0.25, 0.3) is 0 Å². The Hall–Kier alpha value is -1.39. The standard InChI is InChI=1S/C11H10ClFN2O/c1-14-5-8-6-15-16-11(8)7-2-3-10(13)9(12)4-7/h2-4,6,14H,5H2,1H3. The van der Waals surface area contributed by atoms with Crippen molar-refractivity contribution in [1.82, 2.24) is 10.5 Å². The molecule has 0 radical (unpaired) electrons. The highest BCUT2D eigenvalue weighted by molar-refractivity contribution is 6.31. The Morgan fingerprint density at radius 1 is 1.50 bits per heavy atom. The number of hydrogen-bond donors (Lipinski definition) is 1. The lowest BCUT2D eigenvalue weighted by molar-refractivity contribution is 0.431. The fraction of sp³-hybridized carbons (Fsp3) is 0.182. The summed E-state index contributed by atoms with van der Waals surface area (Å²) < 4.78 is 18.1. The number of nitrogens with zero attached hydrogens (tertiary/aromatic N) is 1. The lowest BCUT2D eigenvalue weighted by Crippen LogP contribution is -2.04. The average Bonchev–Trinajstić information content (AvgIpc) is 2.71. The van der Waals surface area contributed by atoms with E-state index in [9.17, 15) is 4.39 Å². The van der Waals surface area contributed by atoms with E-state index in [2.05, 4.69) is 10.5 Å². The maximum absolute atomic E-state index is 13.0. The maximum atomic E-state index is 13.0. The Bertz CT molecular complexity index is 498. The molecule has 0 amide bonds. The quantitative estimate of drug-likeness (QED) is 0.897. The van der Waals surface area contributed by atoms with Gasteiger partial charge in [0.15, 0.2) is 5.76 Å². The van der Waals surface area contributed by atoms with E-state index >= 15 is 0 Å². The van der Waals surface area contributed by atoms with Crippen molar-refractivity contribution in [3.05, 3.63) is 40.8 Å². The molecule has 16 heavy (non-hydrogen) atoms. The zero-order valence-electron chi connectivity index (χ0n) is 8.63. The fourth-order valence-electron chi connectivity index (χ4n) is 1.45. The number of rotatable bonds is 3. The first-order valence-corrected chi connectivity index (χ1v) is 5.13. The minimum atomic E-state index is -0.444. The molecule has 0 saturated heterocycles. The molecule has 2 aromatic rings. The largest absolute Gasteiger partial charge is 0.356 e. The summed E-state index contributed by atoms with van der Waals surface area (Å²) in [5.41, 5.74) is 1.62. The monoisotopic (exact) mass is 240 g/mol. The lowest BCUT2D eigenvalue weighted by atomic mass is 10.1. The predicted molar refractivity (Wildman–Crippen MR) is 59.7 cm³/mol. The number of benzene rings is 1. The highest BCUT2D eigenvalue weighted by Gasteiger charge is 2.11. The van der Waals surface area contributed by atoms with Crippen LogP contribution in [0.2, 0.25) is 5.02 Å². The van der Waals surface area contributed by atoms with Gasteiger partial charge in [0.1, 0.15) is 5.82 Å². The van der Waals surface area contributed by atoms with E-state index in [1.165, 1.54) is 12.1 Å². The van der Waals surface area contributed by atoms with E-state index in [4.69, 9.17) is 16.1 Å². The van der Waals surface area contributed by atoms with Crippen LogP contribution >= 0.6 is 11.6 Å². The second-order valence-corrected chi connectivity index (χ2v) is 3.75. The summed E-state index contributed by atoms with van der Waals surface area (Å²) in [6.45, 7) is 0.633. The van der Waals surface area contributed by atoms with Gasteiger partial charge < -0.3 is 9.84 Å². The van der Waals surface area contributed by atoms with Crippen molar-refractivity contribution in [3.63, 3.8) is 0 Å². The van der Waals surface area contributed by atoms with Gasteiger partial charge >= 0.3 is 0 Å². The van der Waals surface area contributed by atoms with Crippen molar-refractivity contribution < 1.29 is 8.91 Å². The van der Waals surface area contributed by atoms with Gasteiger partial charge in [-0.15, -0.1) is 0 Å². The van der Waals surface area contributed by atoms with Gasteiger partial charge in [-0.05, 0) is 25.2 Å². The molecule has 1 heterocycles. The molecule has 0 saturated carbocycles.